The van der Waals surface area contributed by atoms with Gasteiger partial charge in [-0.1, -0.05) is 19.1 Å². The molecule has 1 aliphatic heterocycles. The van der Waals surface area contributed by atoms with Crippen molar-refractivity contribution in [2.75, 3.05) is 5.32 Å². The van der Waals surface area contributed by atoms with E-state index in [4.69, 9.17) is 9.47 Å². The van der Waals surface area contributed by atoms with E-state index in [0.29, 0.717) is 18.0 Å². The molecule has 1 aliphatic rings. The molecule has 2 aromatic carbocycles. The number of nitrogens with one attached hydrogen (secondary N) is 1. The molecule has 1 heterocycles. The second-order valence-electron chi connectivity index (χ2n) is 7.35. The number of carbonyl (C=O) groups is 3. The van der Waals surface area contributed by atoms with Gasteiger partial charge >= 0.3 is 5.97 Å². The molecule has 0 bridgehead atoms. The van der Waals surface area contributed by atoms with Gasteiger partial charge < -0.3 is 19.7 Å². The smallest absolute Gasteiger partial charge is 0.308 e. The van der Waals surface area contributed by atoms with E-state index in [0.717, 1.165) is 12.0 Å². The third kappa shape index (κ3) is 4.62. The zero-order valence-electron chi connectivity index (χ0n) is 17.6. The minimum atomic E-state index is -0.573. The lowest BCUT2D eigenvalue weighted by Gasteiger charge is -2.28. The number of hydrogen-bond acceptors (Lipinski definition) is 5. The molecule has 0 saturated carbocycles. The number of hydrogen-bond donors (Lipinski definition) is 1. The number of anilines is 1. The van der Waals surface area contributed by atoms with Crippen molar-refractivity contribution in [1.82, 2.24) is 4.90 Å². The highest BCUT2D eigenvalue weighted by molar-refractivity contribution is 6.06. The second-order valence-corrected chi connectivity index (χ2v) is 7.35. The first-order valence-electron chi connectivity index (χ1n) is 9.99. The van der Waals surface area contributed by atoms with E-state index < -0.39 is 18.0 Å². The van der Waals surface area contributed by atoms with Gasteiger partial charge in [0.05, 0.1) is 5.56 Å². The lowest BCUT2D eigenvalue weighted by atomic mass is 10.1. The summed E-state index contributed by atoms with van der Waals surface area (Å²) < 4.78 is 11.0. The number of esters is 1. The maximum Gasteiger partial charge on any atom is 0.308 e. The third-order valence-corrected chi connectivity index (χ3v) is 5.10. The van der Waals surface area contributed by atoms with Crippen LogP contribution >= 0.6 is 0 Å². The summed E-state index contributed by atoms with van der Waals surface area (Å²) in [4.78, 5) is 38.6. The van der Waals surface area contributed by atoms with Gasteiger partial charge in [-0.05, 0) is 50.6 Å². The Labute approximate surface area is 176 Å². The number of nitrogens with zero attached hydrogens (tertiary/aromatic N) is 1. The molecule has 158 valence electrons. The summed E-state index contributed by atoms with van der Waals surface area (Å²) >= 11 is 0. The molecule has 2 atom stereocenters. The molecule has 0 radical (unpaired) electrons. The van der Waals surface area contributed by atoms with Crippen LogP contribution in [0.25, 0.3) is 0 Å². The standard InChI is InChI=1S/C23H26N2O5/c1-5-14(2)25-13-17-12-18(10-11-20(17)29-15(3)23(25)28)24-22(27)19-8-6-7-9-21(19)30-16(4)26/h6-12,14-15H,5,13H2,1-4H3,(H,24,27)/t14-,15+/m1/s1. The van der Waals surface area contributed by atoms with Crippen LogP contribution in [0, 0.1) is 0 Å². The van der Waals surface area contributed by atoms with Crippen molar-refractivity contribution in [3.05, 3.63) is 53.6 Å². The topological polar surface area (TPSA) is 84.9 Å². The van der Waals surface area contributed by atoms with Gasteiger partial charge in [-0.2, -0.15) is 0 Å². The molecular formula is C23H26N2O5. The molecule has 2 amide bonds. The SMILES string of the molecule is CC[C@@H](C)N1Cc2cc(NC(=O)c3ccccc3OC(C)=O)ccc2O[C@@H](C)C1=O. The number of fused-ring (bicyclic) bond motifs is 1. The number of para-hydroxylation sites is 1. The van der Waals surface area contributed by atoms with Crippen molar-refractivity contribution in [1.29, 1.82) is 0 Å². The fraction of sp³-hybridized carbons (Fsp3) is 0.348. The van der Waals surface area contributed by atoms with E-state index >= 15 is 0 Å². The maximum absolute atomic E-state index is 12.8. The molecule has 0 fully saturated rings. The predicted octanol–water partition coefficient (Wildman–Crippen LogP) is 3.77. The Morgan fingerprint density at radius 2 is 2.00 bits per heavy atom. The highest BCUT2D eigenvalue weighted by atomic mass is 16.5. The maximum atomic E-state index is 12.8. The molecule has 0 unspecified atom stereocenters. The predicted molar refractivity (Wildman–Crippen MR) is 113 cm³/mol. The molecule has 7 nitrogen and oxygen atoms in total. The Hall–Kier alpha value is -3.35. The minimum Gasteiger partial charge on any atom is -0.481 e. The first kappa shape index (κ1) is 21.4. The van der Waals surface area contributed by atoms with Crippen molar-refractivity contribution in [3.63, 3.8) is 0 Å². The molecule has 0 spiro atoms. The van der Waals surface area contributed by atoms with E-state index in [1.807, 2.05) is 19.9 Å². The van der Waals surface area contributed by atoms with Crippen molar-refractivity contribution < 1.29 is 23.9 Å². The van der Waals surface area contributed by atoms with E-state index in [9.17, 15) is 14.4 Å². The number of amides is 2. The number of carbonyl (C=O) groups excluding carboxylic acids is 3. The Bertz CT molecular complexity index is 972. The largest absolute Gasteiger partial charge is 0.481 e. The van der Waals surface area contributed by atoms with Gasteiger partial charge in [-0.15, -0.1) is 0 Å². The first-order valence-corrected chi connectivity index (χ1v) is 9.99. The normalized spacial score (nSPS) is 16.7. The van der Waals surface area contributed by atoms with Crippen LogP contribution in [-0.2, 0) is 16.1 Å². The summed E-state index contributed by atoms with van der Waals surface area (Å²) in [5.74, 6) is -0.129. The molecule has 1 N–H and O–H groups in total. The van der Waals surface area contributed by atoms with Gasteiger partial charge in [0.1, 0.15) is 11.5 Å². The summed E-state index contributed by atoms with van der Waals surface area (Å²) in [5.41, 5.74) is 1.63. The van der Waals surface area contributed by atoms with Crippen LogP contribution in [0.3, 0.4) is 0 Å². The van der Waals surface area contributed by atoms with Crippen molar-refractivity contribution in [2.24, 2.45) is 0 Å². The molecule has 2 aromatic rings. The number of ether oxygens (including phenoxy) is 2. The fourth-order valence-corrected chi connectivity index (χ4v) is 3.32. The molecule has 0 aliphatic carbocycles. The summed E-state index contributed by atoms with van der Waals surface area (Å²) in [6.07, 6.45) is 0.258. The monoisotopic (exact) mass is 410 g/mol. The molecule has 0 aromatic heterocycles. The number of benzene rings is 2. The Morgan fingerprint density at radius 1 is 1.27 bits per heavy atom. The Balaban J connectivity index is 1.86. The first-order chi connectivity index (χ1) is 14.3. The van der Waals surface area contributed by atoms with E-state index in [1.54, 1.807) is 48.2 Å². The average Bonchev–Trinajstić information content (AvgIpc) is 2.83. The molecule has 7 heteroatoms. The molecular weight excluding hydrogens is 384 g/mol. The highest BCUT2D eigenvalue weighted by Gasteiger charge is 2.30. The van der Waals surface area contributed by atoms with Crippen LogP contribution in [0.5, 0.6) is 11.5 Å². The quantitative estimate of drug-likeness (QED) is 0.599. The van der Waals surface area contributed by atoms with Gasteiger partial charge in [-0.25, -0.2) is 0 Å². The van der Waals surface area contributed by atoms with Crippen LogP contribution < -0.4 is 14.8 Å². The summed E-state index contributed by atoms with van der Waals surface area (Å²) in [7, 11) is 0. The van der Waals surface area contributed by atoms with Crippen LogP contribution in [-0.4, -0.2) is 34.8 Å². The summed E-state index contributed by atoms with van der Waals surface area (Å²) in [6.45, 7) is 7.47. The van der Waals surface area contributed by atoms with Crippen LogP contribution in [0.2, 0.25) is 0 Å². The van der Waals surface area contributed by atoms with Gasteiger partial charge in [-0.3, -0.25) is 14.4 Å². The third-order valence-electron chi connectivity index (χ3n) is 5.10. The van der Waals surface area contributed by atoms with Gasteiger partial charge in [0.15, 0.2) is 6.10 Å². The number of rotatable bonds is 5. The Morgan fingerprint density at radius 3 is 2.70 bits per heavy atom. The minimum absolute atomic E-state index is 0.0542. The summed E-state index contributed by atoms with van der Waals surface area (Å²) in [5, 5.41) is 2.83. The van der Waals surface area contributed by atoms with Gasteiger partial charge in [0, 0.05) is 30.8 Å². The van der Waals surface area contributed by atoms with Crippen molar-refractivity contribution in [2.45, 2.75) is 52.8 Å². The Kier molecular flexibility index (Phi) is 6.40. The van der Waals surface area contributed by atoms with Gasteiger partial charge in [0.25, 0.3) is 11.8 Å². The van der Waals surface area contributed by atoms with Crippen LogP contribution in [0.4, 0.5) is 5.69 Å². The van der Waals surface area contributed by atoms with Gasteiger partial charge in [0.2, 0.25) is 0 Å². The summed E-state index contributed by atoms with van der Waals surface area (Å²) in [6, 6.07) is 11.9. The van der Waals surface area contributed by atoms with E-state index in [1.165, 1.54) is 6.92 Å². The lowest BCUT2D eigenvalue weighted by molar-refractivity contribution is -0.139. The van der Waals surface area contributed by atoms with Crippen LogP contribution in [0.1, 0.15) is 50.0 Å². The van der Waals surface area contributed by atoms with Crippen LogP contribution in [0.15, 0.2) is 42.5 Å². The van der Waals surface area contributed by atoms with E-state index in [-0.39, 0.29) is 23.3 Å². The molecule has 30 heavy (non-hydrogen) atoms. The molecule has 0 saturated heterocycles. The second kappa shape index (κ2) is 8.98. The van der Waals surface area contributed by atoms with Crippen molar-refractivity contribution in [3.8, 4) is 11.5 Å². The highest BCUT2D eigenvalue weighted by Crippen LogP contribution is 2.30. The zero-order valence-corrected chi connectivity index (χ0v) is 17.6. The molecule has 3 rings (SSSR count). The fourth-order valence-electron chi connectivity index (χ4n) is 3.32. The van der Waals surface area contributed by atoms with E-state index in [2.05, 4.69) is 5.32 Å². The van der Waals surface area contributed by atoms with Crippen molar-refractivity contribution >= 4 is 23.5 Å². The average molecular weight is 410 g/mol. The lowest BCUT2D eigenvalue weighted by Crippen LogP contribution is -2.42. The zero-order chi connectivity index (χ0) is 21.8.